The normalized spacial score (nSPS) is 15.4. The Morgan fingerprint density at radius 3 is 2.68 bits per heavy atom. The number of aryl methyl sites for hydroxylation is 1. The lowest BCUT2D eigenvalue weighted by Crippen LogP contribution is -2.40. The number of aromatic nitrogens is 2. The number of para-hydroxylation sites is 2. The van der Waals surface area contributed by atoms with Crippen LogP contribution < -0.4 is 11.0 Å². The van der Waals surface area contributed by atoms with E-state index in [1.807, 2.05) is 29.2 Å². The van der Waals surface area contributed by atoms with Crippen LogP contribution in [0.25, 0.3) is 11.0 Å². The highest BCUT2D eigenvalue weighted by Crippen LogP contribution is 2.11. The van der Waals surface area contributed by atoms with E-state index < -0.39 is 0 Å². The molecule has 7 nitrogen and oxygen atoms in total. The van der Waals surface area contributed by atoms with Crippen molar-refractivity contribution < 1.29 is 9.59 Å². The van der Waals surface area contributed by atoms with Crippen LogP contribution in [0.3, 0.4) is 0 Å². The van der Waals surface area contributed by atoms with Crippen molar-refractivity contribution in [3.05, 3.63) is 34.7 Å². The number of imidazole rings is 1. The molecule has 0 bridgehead atoms. The molecule has 134 valence electrons. The number of carbonyl (C=O) groups excluding carboxylic acids is 2. The largest absolute Gasteiger partial charge is 0.353 e. The van der Waals surface area contributed by atoms with E-state index >= 15 is 0 Å². The van der Waals surface area contributed by atoms with Crippen LogP contribution in [0.1, 0.15) is 25.7 Å². The molecule has 1 saturated heterocycles. The fraction of sp³-hybridized carbons (Fsp3) is 0.500. The quantitative estimate of drug-likeness (QED) is 0.874. The lowest BCUT2D eigenvalue weighted by atomic mass is 10.2. The van der Waals surface area contributed by atoms with Gasteiger partial charge < -0.3 is 10.2 Å². The fourth-order valence-corrected chi connectivity index (χ4v) is 3.32. The van der Waals surface area contributed by atoms with Gasteiger partial charge in [0, 0.05) is 33.1 Å². The zero-order chi connectivity index (χ0) is 17.8. The van der Waals surface area contributed by atoms with Crippen LogP contribution in [0.2, 0.25) is 0 Å². The van der Waals surface area contributed by atoms with Crippen molar-refractivity contribution in [3.8, 4) is 0 Å². The highest BCUT2D eigenvalue weighted by molar-refractivity contribution is 5.81. The first-order valence-corrected chi connectivity index (χ1v) is 8.76. The number of hydrogen-bond donors (Lipinski definition) is 1. The molecular weight excluding hydrogens is 320 g/mol. The van der Waals surface area contributed by atoms with Crippen molar-refractivity contribution in [2.45, 2.75) is 32.2 Å². The van der Waals surface area contributed by atoms with Crippen LogP contribution >= 0.6 is 0 Å². The number of hydrogen-bond acceptors (Lipinski definition) is 3. The van der Waals surface area contributed by atoms with Gasteiger partial charge in [0.15, 0.2) is 0 Å². The molecule has 7 heteroatoms. The molecule has 1 aliphatic heterocycles. The summed E-state index contributed by atoms with van der Waals surface area (Å²) in [6.45, 7) is 1.67. The predicted molar refractivity (Wildman–Crippen MR) is 95.2 cm³/mol. The molecule has 1 aromatic heterocycles. The summed E-state index contributed by atoms with van der Waals surface area (Å²) in [6, 6.07) is 7.40. The van der Waals surface area contributed by atoms with Gasteiger partial charge in [0.1, 0.15) is 6.54 Å². The third-order valence-electron chi connectivity index (χ3n) is 4.73. The van der Waals surface area contributed by atoms with Gasteiger partial charge in [0.2, 0.25) is 11.8 Å². The molecular formula is C18H24N4O3. The molecule has 0 spiro atoms. The number of carbonyl (C=O) groups is 2. The van der Waals surface area contributed by atoms with Crippen LogP contribution in [-0.2, 0) is 23.2 Å². The maximum Gasteiger partial charge on any atom is 0.329 e. The van der Waals surface area contributed by atoms with Gasteiger partial charge in [0.25, 0.3) is 0 Å². The first-order chi connectivity index (χ1) is 12.1. The van der Waals surface area contributed by atoms with Crippen molar-refractivity contribution >= 4 is 22.8 Å². The molecule has 1 aromatic carbocycles. The molecule has 1 fully saturated rings. The number of nitrogens with one attached hydrogen (secondary N) is 1. The standard InChI is InChI=1S/C18H24N4O3/c1-20-14-7-4-5-8-15(14)22(18(20)25)13-16(23)19-10-12-21-11-6-2-3-9-17(21)24/h4-5,7-8H,2-3,6,9-13H2,1H3,(H,19,23). The Morgan fingerprint density at radius 2 is 1.88 bits per heavy atom. The first kappa shape index (κ1) is 17.3. The summed E-state index contributed by atoms with van der Waals surface area (Å²) >= 11 is 0. The number of benzene rings is 1. The average Bonchev–Trinajstić information content (AvgIpc) is 2.75. The van der Waals surface area contributed by atoms with E-state index in [9.17, 15) is 14.4 Å². The van der Waals surface area contributed by atoms with Gasteiger partial charge in [-0.05, 0) is 25.0 Å². The SMILES string of the molecule is Cn1c(=O)n(CC(=O)NCCN2CCCCCC2=O)c2ccccc21. The fourth-order valence-electron chi connectivity index (χ4n) is 3.32. The Hall–Kier alpha value is -2.57. The second kappa shape index (κ2) is 7.55. The van der Waals surface area contributed by atoms with Crippen molar-refractivity contribution in [1.82, 2.24) is 19.4 Å². The van der Waals surface area contributed by atoms with Gasteiger partial charge in [-0.1, -0.05) is 18.6 Å². The summed E-state index contributed by atoms with van der Waals surface area (Å²) in [6.07, 6.45) is 3.65. The highest BCUT2D eigenvalue weighted by Gasteiger charge is 2.17. The summed E-state index contributed by atoms with van der Waals surface area (Å²) in [5.74, 6) is -0.0576. The van der Waals surface area contributed by atoms with Crippen molar-refractivity contribution in [1.29, 1.82) is 0 Å². The van der Waals surface area contributed by atoms with E-state index in [-0.39, 0.29) is 24.0 Å². The number of fused-ring (bicyclic) bond motifs is 1. The number of nitrogens with zero attached hydrogens (tertiary/aromatic N) is 3. The highest BCUT2D eigenvalue weighted by atomic mass is 16.2. The maximum absolute atomic E-state index is 12.3. The molecule has 2 aromatic rings. The number of likely N-dealkylation sites (tertiary alicyclic amines) is 1. The van der Waals surface area contributed by atoms with Gasteiger partial charge in [0.05, 0.1) is 11.0 Å². The Morgan fingerprint density at radius 1 is 1.12 bits per heavy atom. The van der Waals surface area contributed by atoms with Gasteiger partial charge >= 0.3 is 5.69 Å². The van der Waals surface area contributed by atoms with E-state index in [2.05, 4.69) is 5.32 Å². The monoisotopic (exact) mass is 344 g/mol. The van der Waals surface area contributed by atoms with E-state index in [1.54, 1.807) is 11.6 Å². The maximum atomic E-state index is 12.3. The molecule has 3 rings (SSSR count). The molecule has 2 amide bonds. The minimum atomic E-state index is -0.222. The van der Waals surface area contributed by atoms with Crippen molar-refractivity contribution in [2.24, 2.45) is 7.05 Å². The van der Waals surface area contributed by atoms with Crippen molar-refractivity contribution in [2.75, 3.05) is 19.6 Å². The minimum absolute atomic E-state index is 0.0197. The third kappa shape index (κ3) is 3.75. The lowest BCUT2D eigenvalue weighted by Gasteiger charge is -2.20. The van der Waals surface area contributed by atoms with Gasteiger partial charge in [-0.2, -0.15) is 0 Å². The summed E-state index contributed by atoms with van der Waals surface area (Å²) in [7, 11) is 1.70. The van der Waals surface area contributed by atoms with E-state index in [4.69, 9.17) is 0 Å². The summed E-state index contributed by atoms with van der Waals surface area (Å²) in [5.41, 5.74) is 1.34. The molecule has 25 heavy (non-hydrogen) atoms. The van der Waals surface area contributed by atoms with Crippen LogP contribution in [0.15, 0.2) is 29.1 Å². The van der Waals surface area contributed by atoms with E-state index in [0.29, 0.717) is 19.5 Å². The Labute approximate surface area is 146 Å². The van der Waals surface area contributed by atoms with Crippen LogP contribution in [-0.4, -0.2) is 45.5 Å². The van der Waals surface area contributed by atoms with Gasteiger partial charge in [-0.3, -0.25) is 18.7 Å². The van der Waals surface area contributed by atoms with Gasteiger partial charge in [-0.25, -0.2) is 4.79 Å². The molecule has 2 heterocycles. The number of rotatable bonds is 5. The van der Waals surface area contributed by atoms with Crippen molar-refractivity contribution in [3.63, 3.8) is 0 Å². The molecule has 1 N–H and O–H groups in total. The lowest BCUT2D eigenvalue weighted by molar-refractivity contribution is -0.131. The van der Waals surface area contributed by atoms with Crippen LogP contribution in [0.4, 0.5) is 0 Å². The van der Waals surface area contributed by atoms with E-state index in [1.165, 1.54) is 4.57 Å². The number of amides is 2. The van der Waals surface area contributed by atoms with Crippen LogP contribution in [0, 0.1) is 0 Å². The topological polar surface area (TPSA) is 76.3 Å². The van der Waals surface area contributed by atoms with Gasteiger partial charge in [-0.15, -0.1) is 0 Å². The minimum Gasteiger partial charge on any atom is -0.353 e. The van der Waals surface area contributed by atoms with E-state index in [0.717, 1.165) is 36.8 Å². The smallest absolute Gasteiger partial charge is 0.329 e. The Kier molecular flexibility index (Phi) is 5.21. The molecule has 0 radical (unpaired) electrons. The molecule has 0 saturated carbocycles. The summed E-state index contributed by atoms with van der Waals surface area (Å²) < 4.78 is 3.01. The average molecular weight is 344 g/mol. The second-order valence-corrected chi connectivity index (χ2v) is 6.46. The second-order valence-electron chi connectivity index (χ2n) is 6.46. The summed E-state index contributed by atoms with van der Waals surface area (Å²) in [4.78, 5) is 38.3. The molecule has 0 aliphatic carbocycles. The zero-order valence-corrected chi connectivity index (χ0v) is 14.5. The first-order valence-electron chi connectivity index (χ1n) is 8.76. The predicted octanol–water partition coefficient (Wildman–Crippen LogP) is 0.859. The zero-order valence-electron chi connectivity index (χ0n) is 14.5. The van der Waals surface area contributed by atoms with Crippen LogP contribution in [0.5, 0.6) is 0 Å². The molecule has 0 unspecified atom stereocenters. The Bertz CT molecular complexity index is 836. The Balaban J connectivity index is 1.59. The third-order valence-corrected chi connectivity index (χ3v) is 4.73. The molecule has 1 aliphatic rings. The summed E-state index contributed by atoms with van der Waals surface area (Å²) in [5, 5.41) is 2.82. The molecule has 0 atom stereocenters.